The highest BCUT2D eigenvalue weighted by Gasteiger charge is 2.35. The Bertz CT molecular complexity index is 780. The average Bonchev–Trinajstić information content (AvgIpc) is 3.46. The third kappa shape index (κ3) is 4.09. The number of rotatable bonds is 4. The Morgan fingerprint density at radius 2 is 1.93 bits per heavy atom. The van der Waals surface area contributed by atoms with Crippen molar-refractivity contribution in [2.45, 2.75) is 32.0 Å². The Morgan fingerprint density at radius 1 is 1.30 bits per heavy atom. The SMILES string of the molecule is COC(=O)C1=C(C)N(C)C(=NCC2CC2)NC1c1ccc(C(F)(F)F)cc1. The number of allylic oxidation sites excluding steroid dienone is 1. The lowest BCUT2D eigenvalue weighted by molar-refractivity contribution is -0.138. The molecule has 0 spiro atoms. The van der Waals surface area contributed by atoms with Gasteiger partial charge in [-0.05, 0) is 43.4 Å². The quantitative estimate of drug-likeness (QED) is 0.812. The maximum absolute atomic E-state index is 12.9. The Morgan fingerprint density at radius 3 is 2.44 bits per heavy atom. The van der Waals surface area contributed by atoms with E-state index in [4.69, 9.17) is 4.74 Å². The minimum atomic E-state index is -4.41. The van der Waals surface area contributed by atoms with Gasteiger partial charge in [-0.1, -0.05) is 12.1 Å². The molecule has 0 aromatic heterocycles. The average molecular weight is 381 g/mol. The molecule has 1 N–H and O–H groups in total. The number of ether oxygens (including phenoxy) is 1. The topological polar surface area (TPSA) is 53.9 Å². The Kier molecular flexibility index (Phi) is 5.17. The van der Waals surface area contributed by atoms with E-state index in [9.17, 15) is 18.0 Å². The van der Waals surface area contributed by atoms with Gasteiger partial charge in [0.25, 0.3) is 0 Å². The molecule has 27 heavy (non-hydrogen) atoms. The molecule has 3 rings (SSSR count). The second-order valence-electron chi connectivity index (χ2n) is 6.85. The lowest BCUT2D eigenvalue weighted by Crippen LogP contribution is -2.47. The minimum Gasteiger partial charge on any atom is -0.466 e. The van der Waals surface area contributed by atoms with Crippen molar-refractivity contribution in [3.63, 3.8) is 0 Å². The van der Waals surface area contributed by atoms with Crippen molar-refractivity contribution in [3.8, 4) is 0 Å². The first-order valence-corrected chi connectivity index (χ1v) is 8.73. The summed E-state index contributed by atoms with van der Waals surface area (Å²) in [5.41, 5.74) is 0.808. The molecular weight excluding hydrogens is 359 g/mol. The van der Waals surface area contributed by atoms with Gasteiger partial charge < -0.3 is 15.0 Å². The van der Waals surface area contributed by atoms with Crippen LogP contribution in [0.25, 0.3) is 0 Å². The maximum atomic E-state index is 12.9. The van der Waals surface area contributed by atoms with Gasteiger partial charge in [0.2, 0.25) is 0 Å². The van der Waals surface area contributed by atoms with Crippen molar-refractivity contribution in [2.24, 2.45) is 10.9 Å². The first kappa shape index (κ1) is 19.3. The van der Waals surface area contributed by atoms with Crippen molar-refractivity contribution >= 4 is 11.9 Å². The van der Waals surface area contributed by atoms with Gasteiger partial charge in [-0.15, -0.1) is 0 Å². The van der Waals surface area contributed by atoms with E-state index in [-0.39, 0.29) is 0 Å². The van der Waals surface area contributed by atoms with E-state index in [1.807, 2.05) is 0 Å². The van der Waals surface area contributed by atoms with Crippen LogP contribution in [-0.4, -0.2) is 37.5 Å². The summed E-state index contributed by atoms with van der Waals surface area (Å²) < 4.78 is 43.5. The molecule has 1 fully saturated rings. The second-order valence-corrected chi connectivity index (χ2v) is 6.85. The molecule has 1 heterocycles. The molecule has 1 aliphatic carbocycles. The number of aliphatic imine (C=N–C) groups is 1. The second kappa shape index (κ2) is 7.25. The van der Waals surface area contributed by atoms with Gasteiger partial charge in [0.15, 0.2) is 5.96 Å². The zero-order valence-electron chi connectivity index (χ0n) is 15.4. The predicted molar refractivity (Wildman–Crippen MR) is 94.8 cm³/mol. The molecule has 146 valence electrons. The van der Waals surface area contributed by atoms with E-state index >= 15 is 0 Å². The van der Waals surface area contributed by atoms with E-state index in [0.717, 1.165) is 25.0 Å². The van der Waals surface area contributed by atoms with E-state index in [0.29, 0.717) is 35.3 Å². The molecule has 5 nitrogen and oxygen atoms in total. The number of hydrogen-bond donors (Lipinski definition) is 1. The van der Waals surface area contributed by atoms with Crippen LogP contribution in [0.3, 0.4) is 0 Å². The zero-order chi connectivity index (χ0) is 19.8. The Balaban J connectivity index is 1.98. The zero-order valence-corrected chi connectivity index (χ0v) is 15.4. The van der Waals surface area contributed by atoms with Crippen molar-refractivity contribution in [1.82, 2.24) is 10.2 Å². The van der Waals surface area contributed by atoms with Crippen molar-refractivity contribution < 1.29 is 22.7 Å². The van der Waals surface area contributed by atoms with Gasteiger partial charge in [-0.25, -0.2) is 4.79 Å². The van der Waals surface area contributed by atoms with Crippen LogP contribution in [-0.2, 0) is 15.7 Å². The smallest absolute Gasteiger partial charge is 0.416 e. The normalized spacial score (nSPS) is 22.1. The Labute approximate surface area is 155 Å². The predicted octanol–water partition coefficient (Wildman–Crippen LogP) is 3.49. The molecule has 1 atom stereocenters. The van der Waals surface area contributed by atoms with E-state index in [2.05, 4.69) is 10.3 Å². The summed E-state index contributed by atoms with van der Waals surface area (Å²) in [6.45, 7) is 2.46. The highest BCUT2D eigenvalue weighted by molar-refractivity contribution is 5.96. The molecule has 8 heteroatoms. The van der Waals surface area contributed by atoms with Crippen LogP contribution < -0.4 is 5.32 Å². The largest absolute Gasteiger partial charge is 0.466 e. The fourth-order valence-corrected chi connectivity index (χ4v) is 3.00. The third-order valence-electron chi connectivity index (χ3n) is 4.95. The molecule has 1 aromatic rings. The number of methoxy groups -OCH3 is 1. The number of guanidine groups is 1. The first-order chi connectivity index (χ1) is 12.7. The van der Waals surface area contributed by atoms with Gasteiger partial charge in [0, 0.05) is 19.3 Å². The Hall–Kier alpha value is -2.51. The lowest BCUT2D eigenvalue weighted by atomic mass is 9.94. The summed E-state index contributed by atoms with van der Waals surface area (Å²) in [5.74, 6) is 0.651. The van der Waals surface area contributed by atoms with Crippen LogP contribution in [0, 0.1) is 5.92 Å². The van der Waals surface area contributed by atoms with Gasteiger partial charge in [0.05, 0.1) is 24.3 Å². The summed E-state index contributed by atoms with van der Waals surface area (Å²) in [5, 5.41) is 3.19. The summed E-state index contributed by atoms with van der Waals surface area (Å²) in [6.07, 6.45) is -2.09. The fraction of sp³-hybridized carbons (Fsp3) is 0.474. The van der Waals surface area contributed by atoms with E-state index < -0.39 is 23.8 Å². The van der Waals surface area contributed by atoms with Gasteiger partial charge in [-0.2, -0.15) is 13.2 Å². The molecular formula is C19H22F3N3O2. The summed E-state index contributed by atoms with van der Waals surface area (Å²) in [6, 6.07) is 4.15. The van der Waals surface area contributed by atoms with Crippen LogP contribution in [0.15, 0.2) is 40.5 Å². The summed E-state index contributed by atoms with van der Waals surface area (Å²) >= 11 is 0. The molecule has 2 aliphatic rings. The minimum absolute atomic E-state index is 0.352. The number of carbonyl (C=O) groups excluding carboxylic acids is 1. The monoisotopic (exact) mass is 381 g/mol. The number of esters is 1. The van der Waals surface area contributed by atoms with Crippen molar-refractivity contribution in [2.75, 3.05) is 20.7 Å². The van der Waals surface area contributed by atoms with E-state index in [1.165, 1.54) is 19.2 Å². The molecule has 1 unspecified atom stereocenters. The first-order valence-electron chi connectivity index (χ1n) is 8.73. The van der Waals surface area contributed by atoms with E-state index in [1.54, 1.807) is 18.9 Å². The van der Waals surface area contributed by atoms with Gasteiger partial charge in [0.1, 0.15) is 0 Å². The summed E-state index contributed by atoms with van der Waals surface area (Å²) in [4.78, 5) is 18.7. The number of nitrogens with one attached hydrogen (secondary N) is 1. The number of benzene rings is 1. The molecule has 0 bridgehead atoms. The lowest BCUT2D eigenvalue weighted by Gasteiger charge is -2.36. The molecule has 1 saturated carbocycles. The van der Waals surface area contributed by atoms with Crippen molar-refractivity contribution in [1.29, 1.82) is 0 Å². The van der Waals surface area contributed by atoms with Crippen molar-refractivity contribution in [3.05, 3.63) is 46.7 Å². The number of nitrogens with zero attached hydrogens (tertiary/aromatic N) is 2. The summed E-state index contributed by atoms with van der Waals surface area (Å²) in [7, 11) is 3.07. The molecule has 0 saturated heterocycles. The molecule has 1 aromatic carbocycles. The van der Waals surface area contributed by atoms with Crippen LogP contribution in [0.5, 0.6) is 0 Å². The van der Waals surface area contributed by atoms with Gasteiger partial charge >= 0.3 is 12.1 Å². The fourth-order valence-electron chi connectivity index (χ4n) is 3.00. The number of alkyl halides is 3. The highest BCUT2D eigenvalue weighted by atomic mass is 19.4. The molecule has 0 radical (unpaired) electrons. The third-order valence-corrected chi connectivity index (χ3v) is 4.95. The highest BCUT2D eigenvalue weighted by Crippen LogP contribution is 2.34. The van der Waals surface area contributed by atoms with Crippen LogP contribution in [0.4, 0.5) is 13.2 Å². The number of hydrogen-bond acceptors (Lipinski definition) is 3. The number of halogens is 3. The van der Waals surface area contributed by atoms with Gasteiger partial charge in [-0.3, -0.25) is 4.99 Å². The maximum Gasteiger partial charge on any atom is 0.416 e. The van der Waals surface area contributed by atoms with Crippen LogP contribution >= 0.6 is 0 Å². The van der Waals surface area contributed by atoms with Crippen LogP contribution in [0.1, 0.15) is 36.9 Å². The number of carbonyl (C=O) groups is 1. The molecule has 1 aliphatic heterocycles. The molecule has 0 amide bonds. The standard InChI is InChI=1S/C19H22F3N3O2/c1-11-15(17(26)27-3)16(13-6-8-14(9-7-13)19(20,21)22)24-18(25(11)2)23-10-12-4-5-12/h6-9,12,16H,4-5,10H2,1-3H3,(H,23,24). The van der Waals surface area contributed by atoms with Crippen LogP contribution in [0.2, 0.25) is 0 Å².